The number of thioether (sulfide) groups is 1. The summed E-state index contributed by atoms with van der Waals surface area (Å²) in [6.45, 7) is 4.37. The van der Waals surface area contributed by atoms with Gasteiger partial charge >= 0.3 is 0 Å². The zero-order chi connectivity index (χ0) is 16.5. The topological polar surface area (TPSA) is 69.6 Å². The molecule has 0 radical (unpaired) electrons. The monoisotopic (exact) mass is 341 g/mol. The Labute approximate surface area is 144 Å². The van der Waals surface area contributed by atoms with Crippen molar-refractivity contribution < 1.29 is 4.52 Å². The zero-order valence-electron chi connectivity index (χ0n) is 13.7. The molecule has 0 saturated heterocycles. The molecule has 0 atom stereocenters. The van der Waals surface area contributed by atoms with Crippen molar-refractivity contribution in [3.05, 3.63) is 47.3 Å². The van der Waals surface area contributed by atoms with Gasteiger partial charge in [0.05, 0.1) is 11.4 Å². The second kappa shape index (κ2) is 6.39. The average Bonchev–Trinajstić information content (AvgIpc) is 3.15. The fourth-order valence-corrected chi connectivity index (χ4v) is 3.50. The van der Waals surface area contributed by atoms with Gasteiger partial charge in [0.15, 0.2) is 0 Å². The van der Waals surface area contributed by atoms with Crippen molar-refractivity contribution in [3.8, 4) is 5.69 Å². The van der Waals surface area contributed by atoms with Gasteiger partial charge in [0.1, 0.15) is 6.26 Å². The van der Waals surface area contributed by atoms with Gasteiger partial charge in [-0.3, -0.25) is 0 Å². The molecular formula is C17H19N5OS. The number of tetrazole rings is 1. The molecule has 6 nitrogen and oxygen atoms in total. The summed E-state index contributed by atoms with van der Waals surface area (Å²) in [7, 11) is 0. The fraction of sp³-hybridized carbons (Fsp3) is 0.412. The first-order chi connectivity index (χ1) is 11.7. The summed E-state index contributed by atoms with van der Waals surface area (Å²) in [5, 5.41) is 17.0. The minimum absolute atomic E-state index is 0.510. The maximum atomic E-state index is 5.15. The van der Waals surface area contributed by atoms with Crippen LogP contribution in [0.15, 0.2) is 40.2 Å². The number of rotatable bonds is 6. The molecule has 0 amide bonds. The van der Waals surface area contributed by atoms with Crippen molar-refractivity contribution in [1.29, 1.82) is 0 Å². The predicted octanol–water partition coefficient (Wildman–Crippen LogP) is 3.94. The lowest BCUT2D eigenvalue weighted by Gasteiger charge is -2.07. The van der Waals surface area contributed by atoms with Crippen LogP contribution in [0.2, 0.25) is 0 Å². The van der Waals surface area contributed by atoms with Gasteiger partial charge in [-0.2, -0.15) is 4.68 Å². The Morgan fingerprint density at radius 1 is 1.25 bits per heavy atom. The minimum atomic E-state index is 0.510. The lowest BCUT2D eigenvalue weighted by Crippen LogP contribution is -2.00. The summed E-state index contributed by atoms with van der Waals surface area (Å²) >= 11 is 1.60. The molecule has 2 heterocycles. The van der Waals surface area contributed by atoms with E-state index in [9.17, 15) is 0 Å². The molecule has 1 saturated carbocycles. The quantitative estimate of drug-likeness (QED) is 0.632. The second-order valence-electron chi connectivity index (χ2n) is 6.41. The van der Waals surface area contributed by atoms with E-state index in [-0.39, 0.29) is 0 Å². The molecule has 124 valence electrons. The molecule has 0 unspecified atom stereocenters. The highest BCUT2D eigenvalue weighted by Crippen LogP contribution is 2.41. The molecule has 1 aliphatic rings. The van der Waals surface area contributed by atoms with E-state index in [1.165, 1.54) is 18.4 Å². The van der Waals surface area contributed by atoms with E-state index in [0.29, 0.717) is 11.8 Å². The van der Waals surface area contributed by atoms with Crippen LogP contribution in [0, 0.1) is 0 Å². The third kappa shape index (κ3) is 3.08. The molecule has 0 N–H and O–H groups in total. The smallest absolute Gasteiger partial charge is 0.214 e. The van der Waals surface area contributed by atoms with Gasteiger partial charge in [0, 0.05) is 17.2 Å². The van der Waals surface area contributed by atoms with Crippen molar-refractivity contribution in [2.24, 2.45) is 0 Å². The van der Waals surface area contributed by atoms with Crippen molar-refractivity contribution in [3.63, 3.8) is 0 Å². The van der Waals surface area contributed by atoms with Crippen LogP contribution in [0.25, 0.3) is 5.69 Å². The van der Waals surface area contributed by atoms with Crippen LogP contribution in [0.3, 0.4) is 0 Å². The molecule has 0 spiro atoms. The van der Waals surface area contributed by atoms with Crippen molar-refractivity contribution in [2.75, 3.05) is 0 Å². The van der Waals surface area contributed by atoms with Gasteiger partial charge in [0.25, 0.3) is 0 Å². The molecule has 7 heteroatoms. The van der Waals surface area contributed by atoms with Crippen molar-refractivity contribution in [2.45, 2.75) is 49.4 Å². The van der Waals surface area contributed by atoms with Crippen molar-refractivity contribution in [1.82, 2.24) is 25.4 Å². The lowest BCUT2D eigenvalue weighted by atomic mass is 10.0. The summed E-state index contributed by atoms with van der Waals surface area (Å²) in [6.07, 6.45) is 4.17. The van der Waals surface area contributed by atoms with Crippen LogP contribution in [0.1, 0.15) is 55.3 Å². The van der Waals surface area contributed by atoms with E-state index in [0.717, 1.165) is 27.9 Å². The predicted molar refractivity (Wildman–Crippen MR) is 91.3 cm³/mol. The maximum Gasteiger partial charge on any atom is 0.214 e. The molecule has 3 aromatic rings. The first-order valence-electron chi connectivity index (χ1n) is 8.17. The molecule has 2 aromatic heterocycles. The molecular weight excluding hydrogens is 322 g/mol. The molecule has 1 aromatic carbocycles. The molecule has 4 rings (SSSR count). The Morgan fingerprint density at radius 3 is 2.75 bits per heavy atom. The molecule has 1 aliphatic carbocycles. The highest BCUT2D eigenvalue weighted by atomic mass is 32.2. The zero-order valence-corrected chi connectivity index (χ0v) is 14.5. The number of nitrogens with zero attached hydrogens (tertiary/aromatic N) is 5. The number of hydrogen-bond donors (Lipinski definition) is 0. The van der Waals surface area contributed by atoms with E-state index < -0.39 is 0 Å². The Bertz CT molecular complexity index is 820. The standard InChI is InChI=1S/C17H19N5OS/c1-11(2)12-5-7-15(8-6-12)22-17(18-20-21-22)24-10-14-9-23-19-16(14)13-3-4-13/h5-9,11,13H,3-4,10H2,1-2H3. The summed E-state index contributed by atoms with van der Waals surface area (Å²) in [5.41, 5.74) is 4.52. The van der Waals surface area contributed by atoms with E-state index >= 15 is 0 Å². The second-order valence-corrected chi connectivity index (χ2v) is 7.35. The lowest BCUT2D eigenvalue weighted by molar-refractivity contribution is 0.411. The van der Waals surface area contributed by atoms with Gasteiger partial charge in [-0.15, -0.1) is 5.10 Å². The molecule has 1 fully saturated rings. The van der Waals surface area contributed by atoms with Crippen LogP contribution >= 0.6 is 11.8 Å². The highest BCUT2D eigenvalue weighted by molar-refractivity contribution is 7.98. The average molecular weight is 341 g/mol. The first-order valence-corrected chi connectivity index (χ1v) is 9.15. The van der Waals surface area contributed by atoms with Crippen LogP contribution in [0.4, 0.5) is 0 Å². The van der Waals surface area contributed by atoms with Crippen LogP contribution in [0.5, 0.6) is 0 Å². The van der Waals surface area contributed by atoms with Crippen LogP contribution in [-0.4, -0.2) is 25.4 Å². The van der Waals surface area contributed by atoms with Gasteiger partial charge < -0.3 is 4.52 Å². The summed E-state index contributed by atoms with van der Waals surface area (Å²) in [4.78, 5) is 0. The normalized spacial score (nSPS) is 14.5. The van der Waals surface area contributed by atoms with E-state index in [4.69, 9.17) is 4.52 Å². The third-order valence-electron chi connectivity index (χ3n) is 4.24. The number of aromatic nitrogens is 5. The van der Waals surface area contributed by atoms with E-state index in [1.54, 1.807) is 22.7 Å². The largest absolute Gasteiger partial charge is 0.364 e. The van der Waals surface area contributed by atoms with Crippen LogP contribution < -0.4 is 0 Å². The first kappa shape index (κ1) is 15.4. The summed E-state index contributed by atoms with van der Waals surface area (Å²) in [5.74, 6) is 1.86. The Morgan fingerprint density at radius 2 is 2.04 bits per heavy atom. The van der Waals surface area contributed by atoms with Crippen molar-refractivity contribution >= 4 is 11.8 Å². The molecule has 24 heavy (non-hydrogen) atoms. The Balaban J connectivity index is 1.51. The number of benzene rings is 1. The Kier molecular flexibility index (Phi) is 4.10. The molecule has 0 aliphatic heterocycles. The summed E-state index contributed by atoms with van der Waals surface area (Å²) < 4.78 is 6.92. The number of hydrogen-bond acceptors (Lipinski definition) is 6. The van der Waals surface area contributed by atoms with Crippen LogP contribution in [-0.2, 0) is 5.75 Å². The van der Waals surface area contributed by atoms with Gasteiger partial charge in [0.2, 0.25) is 5.16 Å². The maximum absolute atomic E-state index is 5.15. The Hall–Kier alpha value is -2.15. The highest BCUT2D eigenvalue weighted by Gasteiger charge is 2.29. The SMILES string of the molecule is CC(C)c1ccc(-n2nnnc2SCc2conc2C2CC2)cc1. The van der Waals surface area contributed by atoms with Gasteiger partial charge in [-0.1, -0.05) is 42.9 Å². The van der Waals surface area contributed by atoms with E-state index in [2.05, 4.69) is 58.8 Å². The third-order valence-corrected chi connectivity index (χ3v) is 5.21. The van der Waals surface area contributed by atoms with Gasteiger partial charge in [-0.25, -0.2) is 0 Å². The van der Waals surface area contributed by atoms with E-state index in [1.807, 2.05) is 0 Å². The summed E-state index contributed by atoms with van der Waals surface area (Å²) in [6, 6.07) is 8.37. The fourth-order valence-electron chi connectivity index (χ4n) is 2.64. The van der Waals surface area contributed by atoms with Gasteiger partial charge in [-0.05, 0) is 46.9 Å². The minimum Gasteiger partial charge on any atom is -0.364 e. The molecule has 0 bridgehead atoms.